The molecule has 0 aliphatic carbocycles. The Morgan fingerprint density at radius 3 is 2.17 bits per heavy atom. The summed E-state index contributed by atoms with van der Waals surface area (Å²) in [5.74, 6) is -6.06. The van der Waals surface area contributed by atoms with Gasteiger partial charge in [-0.25, -0.2) is 4.79 Å². The van der Waals surface area contributed by atoms with Crippen molar-refractivity contribution in [2.75, 3.05) is 26.7 Å². The average molecular weight is 921 g/mol. The SMILES string of the molecule is C/C=C(\C)C(=O)NCC(=O)N[C@H]1C(=O)N[C@@H](CCC(=O)NC[C@H](C)O)C(=O)N[C@H]2CC[C@@H](O)N(C2)[C@@H](Cc2ccccc2)C(=O)N(C)[C@@H](Cc2ccc(O)cc2)C(=O)N[C@@H](C)C(=O)O[C@H]1C. The third-order valence-electron chi connectivity index (χ3n) is 11.5. The zero-order valence-corrected chi connectivity index (χ0v) is 38.2. The number of ether oxygens (including phenoxy) is 1. The molecule has 2 aromatic rings. The topological polar surface area (TPSA) is 285 Å². The van der Waals surface area contributed by atoms with E-state index < -0.39 is 109 Å². The summed E-state index contributed by atoms with van der Waals surface area (Å²) in [6, 6.07) is 7.49. The minimum Gasteiger partial charge on any atom is -0.508 e. The van der Waals surface area contributed by atoms with E-state index in [1.807, 2.05) is 18.2 Å². The van der Waals surface area contributed by atoms with E-state index >= 15 is 0 Å². The maximum absolute atomic E-state index is 14.9. The number of cyclic esters (lactones) is 1. The molecular weight excluding hydrogens is 857 g/mol. The van der Waals surface area contributed by atoms with Crippen molar-refractivity contribution in [2.24, 2.45) is 0 Å². The van der Waals surface area contributed by atoms with E-state index in [1.54, 1.807) is 36.1 Å². The number of amides is 7. The number of rotatable bonds is 13. The van der Waals surface area contributed by atoms with Crippen LogP contribution in [-0.2, 0) is 55.9 Å². The number of aliphatic hydroxyl groups is 2. The lowest BCUT2D eigenvalue weighted by atomic mass is 9.95. The molecule has 10 atom stereocenters. The zero-order chi connectivity index (χ0) is 48.7. The summed E-state index contributed by atoms with van der Waals surface area (Å²) in [4.78, 5) is 113. The summed E-state index contributed by atoms with van der Waals surface area (Å²) in [5, 5.41) is 46.7. The van der Waals surface area contributed by atoms with E-state index in [0.717, 1.165) is 5.56 Å². The number of nitrogens with one attached hydrogen (secondary N) is 6. The molecule has 0 radical (unpaired) electrons. The van der Waals surface area contributed by atoms with E-state index in [4.69, 9.17) is 4.74 Å². The number of aromatic hydroxyl groups is 1. The van der Waals surface area contributed by atoms with Gasteiger partial charge in [-0.2, -0.15) is 0 Å². The molecule has 20 heteroatoms. The summed E-state index contributed by atoms with van der Waals surface area (Å²) in [6.45, 7) is 6.56. The van der Waals surface area contributed by atoms with Crippen molar-refractivity contribution >= 4 is 47.3 Å². The van der Waals surface area contributed by atoms with Gasteiger partial charge in [-0.1, -0.05) is 48.5 Å². The Balaban J connectivity index is 1.78. The number of aliphatic hydroxyl groups excluding tert-OH is 2. The van der Waals surface area contributed by atoms with Gasteiger partial charge in [-0.05, 0) is 83.6 Å². The number of likely N-dealkylation sites (N-methyl/N-ethyl adjacent to an activating group) is 1. The Morgan fingerprint density at radius 1 is 0.864 bits per heavy atom. The van der Waals surface area contributed by atoms with Crippen LogP contribution in [0.25, 0.3) is 0 Å². The van der Waals surface area contributed by atoms with Gasteiger partial charge in [0, 0.05) is 44.6 Å². The predicted molar refractivity (Wildman–Crippen MR) is 240 cm³/mol. The second-order valence-corrected chi connectivity index (χ2v) is 16.8. The van der Waals surface area contributed by atoms with Crippen molar-refractivity contribution in [1.29, 1.82) is 0 Å². The summed E-state index contributed by atoms with van der Waals surface area (Å²) >= 11 is 0. The molecule has 360 valence electrons. The van der Waals surface area contributed by atoms with Crippen LogP contribution in [0.5, 0.6) is 5.75 Å². The highest BCUT2D eigenvalue weighted by atomic mass is 16.5. The molecule has 2 aliphatic heterocycles. The fourth-order valence-corrected chi connectivity index (χ4v) is 7.50. The van der Waals surface area contributed by atoms with E-state index in [0.29, 0.717) is 11.1 Å². The molecule has 7 amide bonds. The van der Waals surface area contributed by atoms with Gasteiger partial charge in [0.2, 0.25) is 41.4 Å². The number of phenolic OH excluding ortho intramolecular Hbond substituents is 1. The Kier molecular flexibility index (Phi) is 19.6. The van der Waals surface area contributed by atoms with Gasteiger partial charge in [-0.3, -0.25) is 38.5 Å². The van der Waals surface area contributed by atoms with Crippen LogP contribution in [0.1, 0.15) is 71.4 Å². The number of hydrogen-bond acceptors (Lipinski definition) is 13. The quantitative estimate of drug-likeness (QED) is 0.0867. The molecule has 2 aromatic carbocycles. The van der Waals surface area contributed by atoms with Crippen molar-refractivity contribution in [2.45, 2.75) is 128 Å². The number of hydrogen-bond donors (Lipinski definition) is 9. The predicted octanol–water partition coefficient (Wildman–Crippen LogP) is -0.949. The molecule has 4 rings (SSSR count). The number of allylic oxidation sites excluding steroid dienone is 1. The first-order chi connectivity index (χ1) is 31.3. The van der Waals surface area contributed by atoms with Crippen LogP contribution < -0.4 is 31.9 Å². The maximum Gasteiger partial charge on any atom is 0.328 e. The normalized spacial score (nSPS) is 26.5. The smallest absolute Gasteiger partial charge is 0.328 e. The highest BCUT2D eigenvalue weighted by molar-refractivity contribution is 5.97. The van der Waals surface area contributed by atoms with Crippen LogP contribution in [0.2, 0.25) is 0 Å². The number of piperidine rings is 1. The lowest BCUT2D eigenvalue weighted by molar-refractivity contribution is -0.156. The monoisotopic (exact) mass is 920 g/mol. The van der Waals surface area contributed by atoms with Crippen molar-refractivity contribution in [3.05, 3.63) is 77.4 Å². The number of nitrogens with zero attached hydrogens (tertiary/aromatic N) is 2. The number of esters is 1. The first-order valence-electron chi connectivity index (χ1n) is 22.1. The highest BCUT2D eigenvalue weighted by Crippen LogP contribution is 2.24. The Morgan fingerprint density at radius 2 is 1.52 bits per heavy atom. The summed E-state index contributed by atoms with van der Waals surface area (Å²) in [5.41, 5.74) is 1.62. The molecule has 2 saturated heterocycles. The van der Waals surface area contributed by atoms with Crippen molar-refractivity contribution < 1.29 is 58.4 Å². The van der Waals surface area contributed by atoms with Crippen LogP contribution in [0.15, 0.2) is 66.2 Å². The number of phenols is 1. The molecular formula is C46H64N8O12. The van der Waals surface area contributed by atoms with E-state index in [1.165, 1.54) is 57.9 Å². The van der Waals surface area contributed by atoms with Gasteiger partial charge in [0.15, 0.2) is 0 Å². The summed E-state index contributed by atoms with van der Waals surface area (Å²) < 4.78 is 5.67. The van der Waals surface area contributed by atoms with Gasteiger partial charge in [-0.15, -0.1) is 0 Å². The molecule has 2 fully saturated rings. The molecule has 0 aromatic heterocycles. The molecule has 9 N–H and O–H groups in total. The fraction of sp³-hybridized carbons (Fsp3) is 0.522. The summed E-state index contributed by atoms with van der Waals surface area (Å²) in [7, 11) is 1.43. The van der Waals surface area contributed by atoms with Gasteiger partial charge in [0.05, 0.1) is 18.7 Å². The van der Waals surface area contributed by atoms with Crippen LogP contribution in [0, 0.1) is 0 Å². The molecule has 0 spiro atoms. The van der Waals surface area contributed by atoms with E-state index in [-0.39, 0.29) is 57.4 Å². The fourth-order valence-electron chi connectivity index (χ4n) is 7.50. The molecule has 1 unspecified atom stereocenters. The Labute approximate surface area is 384 Å². The van der Waals surface area contributed by atoms with Gasteiger partial charge in [0.1, 0.15) is 42.2 Å². The third-order valence-corrected chi connectivity index (χ3v) is 11.5. The number of carbonyl (C=O) groups is 8. The number of benzene rings is 2. The largest absolute Gasteiger partial charge is 0.508 e. The minimum absolute atomic E-state index is 0.0245. The van der Waals surface area contributed by atoms with Crippen molar-refractivity contribution in [1.82, 2.24) is 41.7 Å². The first kappa shape index (κ1) is 52.2. The molecule has 2 bridgehead atoms. The lowest BCUT2D eigenvalue weighted by Gasteiger charge is -2.43. The average Bonchev–Trinajstić information content (AvgIpc) is 3.29. The standard InChI is InChI=1S/C46H64N8O12/c1-7-26(2)41(60)48-24-38(58)52-40-29(5)66-46(65)28(4)49-43(62)35(21-31-13-16-33(56)17-14-31)53(6)45(64)36(22-30-11-9-8-10-12-30)54-25-32(15-20-39(54)59)50-42(61)34(51-44(40)63)18-19-37(57)47-23-27(3)55/h7-14,16-17,27-29,32,34-36,39-40,55-56,59H,15,18-25H2,1-6H3,(H,47,57)(H,48,60)(H,49,62)(H,50,61)(H,51,63)(H,52,58)/b26-7+/t27-,28-,29-,32-,34-,35-,36-,39+,40+/m0/s1. The highest BCUT2D eigenvalue weighted by Gasteiger charge is 2.42. The number of fused-ring (bicyclic) bond motifs is 2. The van der Waals surface area contributed by atoms with Crippen LogP contribution in [0.3, 0.4) is 0 Å². The molecule has 0 saturated carbocycles. The van der Waals surface area contributed by atoms with Gasteiger partial charge < -0.3 is 56.9 Å². The van der Waals surface area contributed by atoms with Crippen LogP contribution in [0.4, 0.5) is 0 Å². The second-order valence-electron chi connectivity index (χ2n) is 16.8. The first-order valence-corrected chi connectivity index (χ1v) is 22.1. The van der Waals surface area contributed by atoms with Crippen LogP contribution >= 0.6 is 0 Å². The molecule has 2 aliphatic rings. The van der Waals surface area contributed by atoms with Crippen LogP contribution in [-0.4, -0.2) is 154 Å². The second kappa shape index (κ2) is 24.8. The molecule has 20 nitrogen and oxygen atoms in total. The van der Waals surface area contributed by atoms with Crippen molar-refractivity contribution in [3.63, 3.8) is 0 Å². The van der Waals surface area contributed by atoms with E-state index in [2.05, 4.69) is 31.9 Å². The van der Waals surface area contributed by atoms with Gasteiger partial charge in [0.25, 0.3) is 0 Å². The third kappa shape index (κ3) is 15.4. The Hall–Kier alpha value is -6.38. The van der Waals surface area contributed by atoms with E-state index in [9.17, 15) is 53.7 Å². The summed E-state index contributed by atoms with van der Waals surface area (Å²) in [6.07, 6.45) is -2.13. The minimum atomic E-state index is -1.68. The van der Waals surface area contributed by atoms with Gasteiger partial charge >= 0.3 is 5.97 Å². The van der Waals surface area contributed by atoms with Crippen molar-refractivity contribution in [3.8, 4) is 5.75 Å². The molecule has 2 heterocycles. The number of carbonyl (C=O) groups excluding carboxylic acids is 8. The lowest BCUT2D eigenvalue weighted by Crippen LogP contribution is -2.63. The maximum atomic E-state index is 14.9. The molecule has 66 heavy (non-hydrogen) atoms. The zero-order valence-electron chi connectivity index (χ0n) is 38.2. The Bertz CT molecular complexity index is 2070.